The van der Waals surface area contributed by atoms with Gasteiger partial charge < -0.3 is 10.0 Å². The average Bonchev–Trinajstić information content (AvgIpc) is 3.13. The van der Waals surface area contributed by atoms with Crippen LogP contribution in [0.1, 0.15) is 28.3 Å². The number of aliphatic hydroxyl groups is 1. The number of nitrogens with zero attached hydrogens (tertiary/aromatic N) is 4. The van der Waals surface area contributed by atoms with Crippen LogP contribution in [-0.4, -0.2) is 68.3 Å². The molecule has 146 valence electrons. The van der Waals surface area contributed by atoms with Crippen LogP contribution in [0.5, 0.6) is 0 Å². The number of para-hydroxylation sites is 1. The van der Waals surface area contributed by atoms with E-state index in [9.17, 15) is 9.90 Å². The van der Waals surface area contributed by atoms with Crippen LogP contribution >= 0.6 is 0 Å². The van der Waals surface area contributed by atoms with Crippen LogP contribution in [0.3, 0.4) is 0 Å². The number of carbonyl (C=O) groups excluding carboxylic acids is 1. The third kappa shape index (κ3) is 3.76. The van der Waals surface area contributed by atoms with Gasteiger partial charge in [-0.2, -0.15) is 5.10 Å². The summed E-state index contributed by atoms with van der Waals surface area (Å²) in [7, 11) is 0. The third-order valence-electron chi connectivity index (χ3n) is 5.34. The van der Waals surface area contributed by atoms with E-state index in [1.165, 1.54) is 0 Å². The van der Waals surface area contributed by atoms with E-state index in [0.717, 1.165) is 35.4 Å². The van der Waals surface area contributed by atoms with Crippen LogP contribution in [0.2, 0.25) is 0 Å². The molecule has 0 saturated carbocycles. The first-order valence-corrected chi connectivity index (χ1v) is 9.65. The number of H-pyrrole nitrogens is 1. The minimum absolute atomic E-state index is 0.0614. The van der Waals surface area contributed by atoms with Gasteiger partial charge in [0.1, 0.15) is 0 Å². The molecule has 1 amide bonds. The van der Waals surface area contributed by atoms with Crippen LogP contribution in [0.25, 0.3) is 10.9 Å². The predicted octanol–water partition coefficient (Wildman–Crippen LogP) is 1.98. The first kappa shape index (κ1) is 18.6. The van der Waals surface area contributed by atoms with Gasteiger partial charge in [-0.25, -0.2) is 0 Å². The average molecular weight is 379 g/mol. The van der Waals surface area contributed by atoms with Gasteiger partial charge >= 0.3 is 0 Å². The molecule has 2 aromatic heterocycles. The zero-order valence-corrected chi connectivity index (χ0v) is 16.0. The van der Waals surface area contributed by atoms with E-state index in [0.29, 0.717) is 25.2 Å². The maximum atomic E-state index is 13.1. The fraction of sp³-hybridized carbons (Fsp3) is 0.381. The highest BCUT2D eigenvalue weighted by Crippen LogP contribution is 2.21. The molecule has 1 aromatic carbocycles. The van der Waals surface area contributed by atoms with Crippen molar-refractivity contribution in [2.75, 3.05) is 26.2 Å². The Kier molecular flexibility index (Phi) is 5.36. The number of pyridine rings is 1. The van der Waals surface area contributed by atoms with Crippen LogP contribution in [0, 0.1) is 6.92 Å². The van der Waals surface area contributed by atoms with Gasteiger partial charge in [0.25, 0.3) is 5.91 Å². The lowest BCUT2D eigenvalue weighted by molar-refractivity contribution is 0.0388. The summed E-state index contributed by atoms with van der Waals surface area (Å²) >= 11 is 0. The van der Waals surface area contributed by atoms with E-state index in [-0.39, 0.29) is 18.6 Å². The van der Waals surface area contributed by atoms with Gasteiger partial charge in [-0.15, -0.1) is 0 Å². The smallest absolute Gasteiger partial charge is 0.275 e. The molecule has 1 unspecified atom stereocenters. The lowest BCUT2D eigenvalue weighted by Crippen LogP contribution is -2.54. The van der Waals surface area contributed by atoms with Gasteiger partial charge in [0.2, 0.25) is 0 Å². The molecule has 1 fully saturated rings. The maximum absolute atomic E-state index is 13.1. The highest BCUT2D eigenvalue weighted by molar-refractivity contribution is 6.04. The molecule has 1 saturated heterocycles. The number of aliphatic hydroxyl groups excluding tert-OH is 1. The monoisotopic (exact) mass is 379 g/mol. The fourth-order valence-corrected chi connectivity index (χ4v) is 3.88. The Balaban J connectivity index is 1.50. The summed E-state index contributed by atoms with van der Waals surface area (Å²) in [5, 5.41) is 17.6. The zero-order chi connectivity index (χ0) is 19.5. The number of aromatic nitrogens is 3. The molecule has 0 spiro atoms. The second-order valence-corrected chi connectivity index (χ2v) is 7.28. The van der Waals surface area contributed by atoms with Crippen molar-refractivity contribution in [3.8, 4) is 0 Å². The predicted molar refractivity (Wildman–Crippen MR) is 107 cm³/mol. The highest BCUT2D eigenvalue weighted by Gasteiger charge is 2.31. The number of amides is 1. The maximum Gasteiger partial charge on any atom is 0.275 e. The lowest BCUT2D eigenvalue weighted by Gasteiger charge is -2.41. The van der Waals surface area contributed by atoms with Crippen LogP contribution in [0.15, 0.2) is 42.5 Å². The van der Waals surface area contributed by atoms with Crippen molar-refractivity contribution in [3.63, 3.8) is 0 Å². The molecule has 2 N–H and O–H groups in total. The third-order valence-corrected chi connectivity index (χ3v) is 5.34. The fourth-order valence-electron chi connectivity index (χ4n) is 3.88. The molecule has 0 aliphatic carbocycles. The Bertz CT molecular complexity index is 970. The highest BCUT2D eigenvalue weighted by atomic mass is 16.3. The largest absolute Gasteiger partial charge is 0.396 e. The molecule has 3 heterocycles. The van der Waals surface area contributed by atoms with Crippen LogP contribution in [-0.2, 0) is 6.54 Å². The van der Waals surface area contributed by atoms with Crippen molar-refractivity contribution >= 4 is 16.8 Å². The van der Waals surface area contributed by atoms with Crippen molar-refractivity contribution < 1.29 is 9.90 Å². The van der Waals surface area contributed by atoms with E-state index in [1.54, 1.807) is 0 Å². The molecule has 7 heteroatoms. The van der Waals surface area contributed by atoms with E-state index < -0.39 is 0 Å². The molecular weight excluding hydrogens is 354 g/mol. The van der Waals surface area contributed by atoms with Gasteiger partial charge in [-0.05, 0) is 31.5 Å². The first-order valence-electron chi connectivity index (χ1n) is 9.65. The molecule has 1 aliphatic rings. The van der Waals surface area contributed by atoms with Gasteiger partial charge in [0, 0.05) is 49.9 Å². The Hall–Kier alpha value is -2.77. The van der Waals surface area contributed by atoms with E-state index in [4.69, 9.17) is 0 Å². The number of nitrogens with one attached hydrogen (secondary N) is 1. The van der Waals surface area contributed by atoms with E-state index in [1.807, 2.05) is 54.3 Å². The van der Waals surface area contributed by atoms with E-state index >= 15 is 0 Å². The molecule has 3 aromatic rings. The minimum atomic E-state index is -0.0614. The number of aryl methyl sites for hydroxylation is 1. The summed E-state index contributed by atoms with van der Waals surface area (Å²) in [4.78, 5) is 21.8. The summed E-state index contributed by atoms with van der Waals surface area (Å²) in [6.07, 6.45) is 0.622. The molecule has 1 aliphatic heterocycles. The Morgan fingerprint density at radius 2 is 2.07 bits per heavy atom. The molecule has 1 atom stereocenters. The van der Waals surface area contributed by atoms with Crippen molar-refractivity contribution in [1.82, 2.24) is 25.0 Å². The van der Waals surface area contributed by atoms with Gasteiger partial charge in [0.15, 0.2) is 5.69 Å². The lowest BCUT2D eigenvalue weighted by atomic mass is 10.1. The van der Waals surface area contributed by atoms with Crippen molar-refractivity contribution in [3.05, 3.63) is 59.5 Å². The second-order valence-electron chi connectivity index (χ2n) is 7.28. The number of carbonyl (C=O) groups is 1. The van der Waals surface area contributed by atoms with Crippen molar-refractivity contribution in [2.45, 2.75) is 25.9 Å². The number of aromatic amines is 1. The number of hydrogen-bond donors (Lipinski definition) is 2. The topological polar surface area (TPSA) is 85.3 Å². The van der Waals surface area contributed by atoms with Gasteiger partial charge in [-0.1, -0.05) is 24.3 Å². The number of rotatable bonds is 5. The molecule has 4 rings (SSSR count). The van der Waals surface area contributed by atoms with Gasteiger partial charge in [0.05, 0.1) is 11.2 Å². The second kappa shape index (κ2) is 8.08. The molecule has 0 radical (unpaired) electrons. The standard InChI is InChI=1S/C21H25N5O2/c1-15-5-4-6-16(22-15)13-25-10-11-26(14-17(25)9-12-27)21(28)20-18-7-2-3-8-19(18)23-24-20/h2-8,17,27H,9-14H2,1H3,(H,23,24). The quantitative estimate of drug-likeness (QED) is 0.708. The summed E-state index contributed by atoms with van der Waals surface area (Å²) in [6.45, 7) is 4.75. The molecular formula is C21H25N5O2. The summed E-state index contributed by atoms with van der Waals surface area (Å²) in [5.41, 5.74) is 3.34. The van der Waals surface area contributed by atoms with Crippen molar-refractivity contribution in [1.29, 1.82) is 0 Å². The zero-order valence-electron chi connectivity index (χ0n) is 16.0. The summed E-state index contributed by atoms with van der Waals surface area (Å²) in [5.74, 6) is -0.0614. The summed E-state index contributed by atoms with van der Waals surface area (Å²) < 4.78 is 0. The Labute approximate surface area is 164 Å². The minimum Gasteiger partial charge on any atom is -0.396 e. The Morgan fingerprint density at radius 3 is 2.89 bits per heavy atom. The number of piperazine rings is 1. The normalized spacial score (nSPS) is 17.9. The Morgan fingerprint density at radius 1 is 1.21 bits per heavy atom. The molecule has 7 nitrogen and oxygen atoms in total. The van der Waals surface area contributed by atoms with Crippen LogP contribution < -0.4 is 0 Å². The van der Waals surface area contributed by atoms with Crippen molar-refractivity contribution in [2.24, 2.45) is 0 Å². The number of benzene rings is 1. The molecule has 28 heavy (non-hydrogen) atoms. The number of fused-ring (bicyclic) bond motifs is 1. The summed E-state index contributed by atoms with van der Waals surface area (Å²) in [6, 6.07) is 13.8. The molecule has 0 bridgehead atoms. The van der Waals surface area contributed by atoms with E-state index in [2.05, 4.69) is 20.1 Å². The number of hydrogen-bond acceptors (Lipinski definition) is 5. The van der Waals surface area contributed by atoms with Crippen LogP contribution in [0.4, 0.5) is 0 Å². The van der Waals surface area contributed by atoms with Gasteiger partial charge in [-0.3, -0.25) is 19.8 Å². The SMILES string of the molecule is Cc1cccc(CN2CCN(C(=O)c3n[nH]c4ccccc34)CC2CCO)n1. The first-order chi connectivity index (χ1) is 13.7.